The number of benzene rings is 2. The highest BCUT2D eigenvalue weighted by Gasteiger charge is 2.21. The summed E-state index contributed by atoms with van der Waals surface area (Å²) in [4.78, 5) is 18.2. The molecule has 0 amide bonds. The summed E-state index contributed by atoms with van der Waals surface area (Å²) in [6.07, 6.45) is 0. The highest BCUT2D eigenvalue weighted by molar-refractivity contribution is 7.89. The SMILES string of the molecule is NS(=O)(=O)c1ccccc1[N+](=O)[O-].NS(=O)(=O)c1ccccc1[N+](=O)[O-]. The van der Waals surface area contributed by atoms with Crippen molar-refractivity contribution in [3.05, 3.63) is 68.8 Å². The number of rotatable bonds is 4. The highest BCUT2D eigenvalue weighted by atomic mass is 32.2. The Balaban J connectivity index is 0.000000260. The molecule has 0 aliphatic heterocycles. The number of nitrogens with zero attached hydrogens (tertiary/aromatic N) is 2. The van der Waals surface area contributed by atoms with E-state index in [-0.39, 0.29) is 0 Å². The van der Waals surface area contributed by atoms with Crippen LogP contribution in [0.1, 0.15) is 0 Å². The Morgan fingerprint density at radius 1 is 0.654 bits per heavy atom. The van der Waals surface area contributed by atoms with Crippen molar-refractivity contribution in [2.45, 2.75) is 9.79 Å². The van der Waals surface area contributed by atoms with E-state index in [0.717, 1.165) is 24.3 Å². The number of sulfonamides is 2. The van der Waals surface area contributed by atoms with Crippen LogP contribution in [0, 0.1) is 20.2 Å². The summed E-state index contributed by atoms with van der Waals surface area (Å²) in [7, 11) is -8.04. The maximum absolute atomic E-state index is 10.8. The van der Waals surface area contributed by atoms with Crippen molar-refractivity contribution >= 4 is 31.4 Å². The van der Waals surface area contributed by atoms with Gasteiger partial charge in [-0.1, -0.05) is 24.3 Å². The van der Waals surface area contributed by atoms with Gasteiger partial charge in [0.2, 0.25) is 20.0 Å². The lowest BCUT2D eigenvalue weighted by atomic mass is 10.3. The molecule has 0 saturated carbocycles. The minimum Gasteiger partial charge on any atom is -0.258 e. The third-order valence-corrected chi connectivity index (χ3v) is 4.65. The first-order chi connectivity index (χ1) is 11.9. The molecular formula is C12H12N4O8S2. The van der Waals surface area contributed by atoms with Crippen LogP contribution < -0.4 is 10.3 Å². The molecule has 14 heteroatoms. The van der Waals surface area contributed by atoms with Crippen molar-refractivity contribution in [2.24, 2.45) is 10.3 Å². The van der Waals surface area contributed by atoms with Crippen LogP contribution in [0.25, 0.3) is 0 Å². The second-order valence-electron chi connectivity index (χ2n) is 4.54. The predicted molar refractivity (Wildman–Crippen MR) is 88.9 cm³/mol. The Morgan fingerprint density at radius 2 is 0.923 bits per heavy atom. The van der Waals surface area contributed by atoms with Gasteiger partial charge in [0.1, 0.15) is 0 Å². The number of nitrogens with two attached hydrogens (primary N) is 2. The average Bonchev–Trinajstić information content (AvgIpc) is 2.54. The summed E-state index contributed by atoms with van der Waals surface area (Å²) in [6, 6.07) is 9.82. The van der Waals surface area contributed by atoms with Gasteiger partial charge in [0, 0.05) is 12.1 Å². The van der Waals surface area contributed by atoms with E-state index in [0.29, 0.717) is 0 Å². The Kier molecular flexibility index (Phi) is 6.46. The molecular weight excluding hydrogens is 392 g/mol. The molecule has 0 heterocycles. The van der Waals surface area contributed by atoms with Crippen LogP contribution in [0.2, 0.25) is 0 Å². The molecule has 140 valence electrons. The molecule has 0 aliphatic rings. The van der Waals surface area contributed by atoms with Crippen LogP contribution >= 0.6 is 0 Å². The predicted octanol–water partition coefficient (Wildman–Crippen LogP) is 0.484. The Labute approximate surface area is 147 Å². The number of para-hydroxylation sites is 2. The maximum atomic E-state index is 10.8. The van der Waals surface area contributed by atoms with E-state index in [1.54, 1.807) is 0 Å². The second-order valence-corrected chi connectivity index (χ2v) is 7.60. The van der Waals surface area contributed by atoms with Crippen LogP contribution in [0.4, 0.5) is 11.4 Å². The zero-order chi connectivity index (χ0) is 20.1. The molecule has 0 fully saturated rings. The van der Waals surface area contributed by atoms with Gasteiger partial charge >= 0.3 is 0 Å². The Hall–Kier alpha value is -2.94. The van der Waals surface area contributed by atoms with Crippen molar-refractivity contribution in [3.8, 4) is 0 Å². The molecule has 12 nitrogen and oxygen atoms in total. The van der Waals surface area contributed by atoms with Crippen molar-refractivity contribution < 1.29 is 26.7 Å². The van der Waals surface area contributed by atoms with E-state index < -0.39 is 51.1 Å². The number of nitro benzene ring substituents is 2. The van der Waals surface area contributed by atoms with Crippen molar-refractivity contribution in [1.82, 2.24) is 0 Å². The van der Waals surface area contributed by atoms with Gasteiger partial charge in [0.15, 0.2) is 9.79 Å². The number of hydrogen-bond acceptors (Lipinski definition) is 8. The molecule has 0 aliphatic carbocycles. The van der Waals surface area contributed by atoms with Gasteiger partial charge in [-0.3, -0.25) is 20.2 Å². The summed E-state index contributed by atoms with van der Waals surface area (Å²) in [5.74, 6) is 0. The molecule has 0 bridgehead atoms. The van der Waals surface area contributed by atoms with Gasteiger partial charge in [0.05, 0.1) is 9.85 Å². The monoisotopic (exact) mass is 404 g/mol. The van der Waals surface area contributed by atoms with Crippen molar-refractivity contribution in [2.75, 3.05) is 0 Å². The molecule has 4 N–H and O–H groups in total. The lowest BCUT2D eigenvalue weighted by Gasteiger charge is -1.98. The van der Waals surface area contributed by atoms with Crippen LogP contribution in [-0.2, 0) is 20.0 Å². The average molecular weight is 404 g/mol. The van der Waals surface area contributed by atoms with E-state index in [4.69, 9.17) is 10.3 Å². The van der Waals surface area contributed by atoms with E-state index >= 15 is 0 Å². The molecule has 2 rings (SSSR count). The van der Waals surface area contributed by atoms with Gasteiger partial charge in [-0.15, -0.1) is 0 Å². The van der Waals surface area contributed by atoms with Gasteiger partial charge in [-0.25, -0.2) is 27.1 Å². The molecule has 0 saturated heterocycles. The van der Waals surface area contributed by atoms with Crippen molar-refractivity contribution in [1.29, 1.82) is 0 Å². The fraction of sp³-hybridized carbons (Fsp3) is 0. The fourth-order valence-corrected chi connectivity index (χ4v) is 3.10. The van der Waals surface area contributed by atoms with Crippen molar-refractivity contribution in [3.63, 3.8) is 0 Å². The zero-order valence-electron chi connectivity index (χ0n) is 12.8. The van der Waals surface area contributed by atoms with Crippen LogP contribution in [0.3, 0.4) is 0 Å². The topological polar surface area (TPSA) is 207 Å². The first-order valence-corrected chi connectivity index (χ1v) is 9.47. The number of hydrogen-bond donors (Lipinski definition) is 2. The molecule has 0 radical (unpaired) electrons. The third kappa shape index (κ3) is 5.55. The van der Waals surface area contributed by atoms with Gasteiger partial charge < -0.3 is 0 Å². The molecule has 0 spiro atoms. The highest BCUT2D eigenvalue weighted by Crippen LogP contribution is 2.21. The van der Waals surface area contributed by atoms with Gasteiger partial charge in [-0.05, 0) is 12.1 Å². The summed E-state index contributed by atoms with van der Waals surface area (Å²) in [5.41, 5.74) is -1.02. The first kappa shape index (κ1) is 21.1. The minimum atomic E-state index is -4.02. The van der Waals surface area contributed by atoms with E-state index in [9.17, 15) is 37.1 Å². The molecule has 0 atom stereocenters. The van der Waals surface area contributed by atoms with Gasteiger partial charge in [0.25, 0.3) is 11.4 Å². The minimum absolute atomic E-state index is 0.472. The largest absolute Gasteiger partial charge is 0.289 e. The molecule has 0 aromatic heterocycles. The van der Waals surface area contributed by atoms with Gasteiger partial charge in [-0.2, -0.15) is 0 Å². The standard InChI is InChI=1S/2C6H6N2O4S/c2*7-13(11,12)6-4-2-1-3-5(6)8(9)10/h2*1-4H,(H2,7,11,12). The third-order valence-electron chi connectivity index (χ3n) is 2.74. The summed E-state index contributed by atoms with van der Waals surface area (Å²) < 4.78 is 43.3. The molecule has 26 heavy (non-hydrogen) atoms. The van der Waals surface area contributed by atoms with Crippen LogP contribution in [0.5, 0.6) is 0 Å². The molecule has 2 aromatic carbocycles. The zero-order valence-corrected chi connectivity index (χ0v) is 14.4. The van der Waals surface area contributed by atoms with E-state index in [1.165, 1.54) is 24.3 Å². The Morgan fingerprint density at radius 3 is 1.12 bits per heavy atom. The number of primary sulfonamides is 2. The second kappa shape index (κ2) is 7.96. The summed E-state index contributed by atoms with van der Waals surface area (Å²) in [6.45, 7) is 0. The summed E-state index contributed by atoms with van der Waals surface area (Å²) >= 11 is 0. The van der Waals surface area contributed by atoms with Crippen LogP contribution in [0.15, 0.2) is 58.3 Å². The smallest absolute Gasteiger partial charge is 0.258 e. The van der Waals surface area contributed by atoms with E-state index in [2.05, 4.69) is 0 Å². The number of nitro groups is 2. The summed E-state index contributed by atoms with van der Waals surface area (Å²) in [5, 5.41) is 30.2. The lowest BCUT2D eigenvalue weighted by Crippen LogP contribution is -2.13. The quantitative estimate of drug-likeness (QED) is 0.539. The maximum Gasteiger partial charge on any atom is 0.289 e. The molecule has 0 unspecified atom stereocenters. The first-order valence-electron chi connectivity index (χ1n) is 6.38. The Bertz CT molecular complexity index is 965. The normalized spacial score (nSPS) is 11.2. The van der Waals surface area contributed by atoms with Crippen LogP contribution in [-0.4, -0.2) is 26.7 Å². The molecule has 2 aromatic rings. The fourth-order valence-electron chi connectivity index (χ4n) is 1.70. The van der Waals surface area contributed by atoms with E-state index in [1.807, 2.05) is 0 Å². The lowest BCUT2D eigenvalue weighted by molar-refractivity contribution is -0.388.